The van der Waals surface area contributed by atoms with Crippen molar-refractivity contribution >= 4 is 53.8 Å². The second-order valence-corrected chi connectivity index (χ2v) is 1.60. The molecule has 0 aromatic heterocycles. The molecule has 0 radical (unpaired) electrons. The molecule has 0 unspecified atom stereocenters. The van der Waals surface area contributed by atoms with Gasteiger partial charge in [-0.1, -0.05) is 0 Å². The second kappa shape index (κ2) is 5.09. The molecule has 1 aliphatic rings. The molecular weight excluding hydrogens is 168 g/mol. The van der Waals surface area contributed by atoms with Crippen LogP contribution in [-0.2, 0) is 9.59 Å². The van der Waals surface area contributed by atoms with Gasteiger partial charge in [0.05, 0.1) is 0 Å². The molecule has 2 amide bonds. The maximum absolute atomic E-state index is 10.2. The molecule has 1 N–H and O–H groups in total. The number of carbonyl (C=O) groups is 2. The van der Waals surface area contributed by atoms with Crippen LogP contribution in [0.15, 0.2) is 0 Å². The number of imide groups is 1. The number of carbonyl (C=O) groups excluding carboxylic acids is 2. The Labute approximate surface area is 86.2 Å². The van der Waals surface area contributed by atoms with Crippen molar-refractivity contribution in [1.82, 2.24) is 5.06 Å². The average Bonchev–Trinajstić information content (AvgIpc) is 1.98. The fraction of sp³-hybridized carbons (Fsp3) is 0.500. The molecule has 0 aliphatic carbocycles. The molecule has 0 aromatic carbocycles. The molecule has 1 fully saturated rings. The van der Waals surface area contributed by atoms with Crippen molar-refractivity contribution in [2.24, 2.45) is 0 Å². The summed E-state index contributed by atoms with van der Waals surface area (Å²) in [5, 5.41) is 8.57. The molecule has 1 rings (SSSR count). The van der Waals surface area contributed by atoms with Crippen molar-refractivity contribution in [3.8, 4) is 0 Å². The topological polar surface area (TPSA) is 57.6 Å². The van der Waals surface area contributed by atoms with Gasteiger partial charge in [-0.25, -0.2) is 0 Å². The van der Waals surface area contributed by atoms with Crippen LogP contribution >= 0.6 is 12.4 Å². The normalized spacial score (nSPS) is 16.3. The number of halogens is 1. The van der Waals surface area contributed by atoms with Crippen molar-refractivity contribution in [1.29, 1.82) is 0 Å². The van der Waals surface area contributed by atoms with Crippen molar-refractivity contribution < 1.29 is 14.8 Å². The quantitative estimate of drug-likeness (QED) is 0.301. The molecule has 1 aliphatic heterocycles. The Hall–Kier alpha value is 0.390. The van der Waals surface area contributed by atoms with Crippen LogP contribution in [0.4, 0.5) is 0 Å². The predicted molar refractivity (Wildman–Crippen MR) is 37.3 cm³/mol. The number of hydrogen-bond acceptors (Lipinski definition) is 3. The van der Waals surface area contributed by atoms with Crippen LogP contribution in [0.3, 0.4) is 0 Å². The van der Waals surface area contributed by atoms with E-state index in [0.717, 1.165) is 0 Å². The number of amides is 2. The van der Waals surface area contributed by atoms with Gasteiger partial charge in [-0.2, -0.15) is 5.06 Å². The van der Waals surface area contributed by atoms with Crippen molar-refractivity contribution in [2.75, 3.05) is 0 Å². The van der Waals surface area contributed by atoms with Gasteiger partial charge in [-0.15, -0.1) is 12.4 Å². The third-order valence-corrected chi connectivity index (χ3v) is 1.03. The Morgan fingerprint density at radius 1 is 1.20 bits per heavy atom. The summed E-state index contributed by atoms with van der Waals surface area (Å²) < 4.78 is 0. The van der Waals surface area contributed by atoms with Gasteiger partial charge in [0, 0.05) is 12.8 Å². The van der Waals surface area contributed by atoms with Crippen molar-refractivity contribution in [2.45, 2.75) is 12.8 Å². The zero-order valence-electron chi connectivity index (χ0n) is 4.53. The van der Waals surface area contributed by atoms with E-state index in [1.54, 1.807) is 0 Å². The number of hydrogen-bond donors (Lipinski definition) is 1. The molecule has 10 heavy (non-hydrogen) atoms. The Kier molecular flexibility index (Phi) is 6.63. The van der Waals surface area contributed by atoms with Crippen molar-refractivity contribution in [3.05, 3.63) is 0 Å². The first-order valence-electron chi connectivity index (χ1n) is 2.26. The second-order valence-electron chi connectivity index (χ2n) is 1.60. The minimum absolute atomic E-state index is 0. The molecule has 6 heteroatoms. The Balaban J connectivity index is 0. The van der Waals surface area contributed by atoms with E-state index in [4.69, 9.17) is 5.21 Å². The van der Waals surface area contributed by atoms with Crippen LogP contribution in [0.25, 0.3) is 0 Å². The summed E-state index contributed by atoms with van der Waals surface area (Å²) in [6, 6.07) is 0. The van der Waals surface area contributed by atoms with E-state index in [1.165, 1.54) is 0 Å². The number of nitrogens with zero attached hydrogens (tertiary/aromatic N) is 1. The molecular formula is C4H7ClNNaO3. The molecule has 4 nitrogen and oxygen atoms in total. The molecule has 0 spiro atoms. The summed E-state index contributed by atoms with van der Waals surface area (Å²) in [6.45, 7) is 0. The number of rotatable bonds is 0. The monoisotopic (exact) mass is 175 g/mol. The van der Waals surface area contributed by atoms with Gasteiger partial charge in [0.15, 0.2) is 0 Å². The Morgan fingerprint density at radius 2 is 1.50 bits per heavy atom. The summed E-state index contributed by atoms with van der Waals surface area (Å²) in [5.74, 6) is -1.01. The van der Waals surface area contributed by atoms with Crippen molar-refractivity contribution in [3.63, 3.8) is 0 Å². The predicted octanol–water partition coefficient (Wildman–Crippen LogP) is -0.702. The molecule has 54 valence electrons. The summed E-state index contributed by atoms with van der Waals surface area (Å²) >= 11 is 0. The third kappa shape index (κ3) is 2.56. The van der Waals surface area contributed by atoms with Crippen LogP contribution in [0.2, 0.25) is 0 Å². The summed E-state index contributed by atoms with van der Waals surface area (Å²) in [7, 11) is 0. The van der Waals surface area contributed by atoms with Crippen LogP contribution in [0.5, 0.6) is 0 Å². The van der Waals surface area contributed by atoms with Crippen LogP contribution in [0, 0.1) is 0 Å². The van der Waals surface area contributed by atoms with E-state index < -0.39 is 11.8 Å². The van der Waals surface area contributed by atoms with Crippen LogP contribution in [-0.4, -0.2) is 51.6 Å². The molecule has 1 saturated heterocycles. The fourth-order valence-corrected chi connectivity index (χ4v) is 0.565. The number of hydroxylamine groups is 2. The van der Waals surface area contributed by atoms with E-state index in [9.17, 15) is 9.59 Å². The molecule has 0 bridgehead atoms. The van der Waals surface area contributed by atoms with E-state index in [2.05, 4.69) is 0 Å². The summed E-state index contributed by atoms with van der Waals surface area (Å²) in [6.07, 6.45) is 0.296. The van der Waals surface area contributed by atoms with Gasteiger partial charge in [0.1, 0.15) is 0 Å². The first-order chi connectivity index (χ1) is 3.72. The molecule has 0 saturated carbocycles. The van der Waals surface area contributed by atoms with E-state index >= 15 is 0 Å². The first-order valence-corrected chi connectivity index (χ1v) is 2.26. The van der Waals surface area contributed by atoms with Gasteiger partial charge in [0.25, 0.3) is 11.8 Å². The van der Waals surface area contributed by atoms with Gasteiger partial charge in [-0.05, 0) is 0 Å². The van der Waals surface area contributed by atoms with E-state index in [0.29, 0.717) is 0 Å². The van der Waals surface area contributed by atoms with Crippen LogP contribution < -0.4 is 0 Å². The average molecular weight is 176 g/mol. The van der Waals surface area contributed by atoms with E-state index in [-0.39, 0.29) is 59.9 Å². The maximum atomic E-state index is 10.2. The third-order valence-electron chi connectivity index (χ3n) is 1.03. The van der Waals surface area contributed by atoms with Gasteiger partial charge in [0.2, 0.25) is 0 Å². The first kappa shape index (κ1) is 13.0. The standard InChI is InChI=1S/C4H5NO3.ClH.Na.H/c6-3-1-2-4(7)5(3)8;;;/h8H,1-2H2;1H;;. The molecule has 0 atom stereocenters. The van der Waals surface area contributed by atoms with Gasteiger partial charge >= 0.3 is 29.6 Å². The molecule has 1 heterocycles. The Bertz CT molecular complexity index is 135. The van der Waals surface area contributed by atoms with Crippen LogP contribution in [0.1, 0.15) is 12.8 Å². The zero-order valence-corrected chi connectivity index (χ0v) is 5.35. The summed E-state index contributed by atoms with van der Waals surface area (Å²) in [4.78, 5) is 20.5. The van der Waals surface area contributed by atoms with E-state index in [1.807, 2.05) is 0 Å². The minimum atomic E-state index is -0.505. The fourth-order valence-electron chi connectivity index (χ4n) is 0.565. The molecule has 0 aromatic rings. The zero-order chi connectivity index (χ0) is 6.15. The van der Waals surface area contributed by atoms with Gasteiger partial charge < -0.3 is 0 Å². The Morgan fingerprint density at radius 3 is 1.60 bits per heavy atom. The SMILES string of the molecule is Cl.O=C1CCC(=O)N1O.[NaH]. The van der Waals surface area contributed by atoms with Gasteiger partial charge in [-0.3, -0.25) is 14.8 Å². The summed E-state index contributed by atoms with van der Waals surface area (Å²) in [5.41, 5.74) is 0.